The highest BCUT2D eigenvalue weighted by Gasteiger charge is 2.14. The molecule has 1 aliphatic heterocycles. The molecule has 0 N–H and O–H groups in total. The molecule has 0 spiro atoms. The highest BCUT2D eigenvalue weighted by molar-refractivity contribution is 7.12. The lowest BCUT2D eigenvalue weighted by molar-refractivity contribution is 0.0986. The molecule has 0 unspecified atom stereocenters. The van der Waals surface area contributed by atoms with Gasteiger partial charge in [-0.1, -0.05) is 12.1 Å². The van der Waals surface area contributed by atoms with E-state index in [2.05, 4.69) is 12.1 Å². The zero-order valence-corrected chi connectivity index (χ0v) is 11.8. The second-order valence-electron chi connectivity index (χ2n) is 4.90. The van der Waals surface area contributed by atoms with Gasteiger partial charge in [-0.2, -0.15) is 0 Å². The molecular weight excluding hydrogens is 256 g/mol. The predicted octanol–water partition coefficient (Wildman–Crippen LogP) is 3.81. The lowest BCUT2D eigenvalue weighted by atomic mass is 10.0. The quantitative estimate of drug-likeness (QED) is 0.791. The number of ether oxygens (including phenoxy) is 1. The molecule has 0 amide bonds. The fourth-order valence-electron chi connectivity index (χ4n) is 2.43. The molecular formula is C16H16O2S. The van der Waals surface area contributed by atoms with Crippen molar-refractivity contribution >= 4 is 17.1 Å². The van der Waals surface area contributed by atoms with E-state index in [1.165, 1.54) is 11.1 Å². The topological polar surface area (TPSA) is 26.3 Å². The number of Topliss-reactive ketones (excluding diaryl/α,β-unsaturated/α-hetero) is 1. The number of hydrogen-bond donors (Lipinski definition) is 0. The number of hydrogen-bond acceptors (Lipinski definition) is 3. The summed E-state index contributed by atoms with van der Waals surface area (Å²) < 4.78 is 5.49. The van der Waals surface area contributed by atoms with Gasteiger partial charge < -0.3 is 4.74 Å². The summed E-state index contributed by atoms with van der Waals surface area (Å²) in [7, 11) is 0. The van der Waals surface area contributed by atoms with E-state index in [0.29, 0.717) is 6.42 Å². The highest BCUT2D eigenvalue weighted by atomic mass is 32.1. The van der Waals surface area contributed by atoms with Gasteiger partial charge in [-0.05, 0) is 47.5 Å². The van der Waals surface area contributed by atoms with Gasteiger partial charge >= 0.3 is 0 Å². The molecule has 3 rings (SSSR count). The third kappa shape index (κ3) is 2.56. The Labute approximate surface area is 117 Å². The van der Waals surface area contributed by atoms with Crippen molar-refractivity contribution < 1.29 is 9.53 Å². The van der Waals surface area contributed by atoms with Gasteiger partial charge in [0.1, 0.15) is 5.75 Å². The molecule has 1 aromatic heterocycles. The summed E-state index contributed by atoms with van der Waals surface area (Å²) in [5.41, 5.74) is 3.60. The second-order valence-corrected chi connectivity index (χ2v) is 5.81. The van der Waals surface area contributed by atoms with Gasteiger partial charge in [-0.15, -0.1) is 11.3 Å². The first-order chi connectivity index (χ1) is 9.24. The van der Waals surface area contributed by atoms with Gasteiger partial charge in [-0.3, -0.25) is 4.79 Å². The molecule has 2 heterocycles. The summed E-state index contributed by atoms with van der Waals surface area (Å²) in [6.45, 7) is 2.78. The Morgan fingerprint density at radius 1 is 1.37 bits per heavy atom. The maximum Gasteiger partial charge on any atom is 0.173 e. The van der Waals surface area contributed by atoms with Crippen molar-refractivity contribution in [2.75, 3.05) is 6.61 Å². The molecule has 2 nitrogen and oxygen atoms in total. The van der Waals surface area contributed by atoms with Gasteiger partial charge in [0.2, 0.25) is 0 Å². The Morgan fingerprint density at radius 3 is 3.05 bits per heavy atom. The summed E-state index contributed by atoms with van der Waals surface area (Å²) in [5.74, 6) is 1.26. The summed E-state index contributed by atoms with van der Waals surface area (Å²) in [6, 6.07) is 8.28. The van der Waals surface area contributed by atoms with E-state index < -0.39 is 0 Å². The standard InChI is InChI=1S/C16H16O2S/c1-11-7-9-19-16(11)14(17)4-2-12-3-5-15-13(10-12)6-8-18-15/h3,5,7,9-10H,2,4,6,8H2,1H3. The van der Waals surface area contributed by atoms with E-state index in [4.69, 9.17) is 4.74 Å². The third-order valence-corrected chi connectivity index (χ3v) is 4.57. The van der Waals surface area contributed by atoms with Crippen molar-refractivity contribution in [3.8, 4) is 5.75 Å². The number of aryl methyl sites for hydroxylation is 2. The van der Waals surface area contributed by atoms with Crippen LogP contribution in [0.15, 0.2) is 29.6 Å². The van der Waals surface area contributed by atoms with Crippen LogP contribution in [-0.2, 0) is 12.8 Å². The van der Waals surface area contributed by atoms with Crippen LogP contribution in [0.3, 0.4) is 0 Å². The van der Waals surface area contributed by atoms with Gasteiger partial charge in [0.05, 0.1) is 11.5 Å². The van der Waals surface area contributed by atoms with Gasteiger partial charge in [0.25, 0.3) is 0 Å². The Kier molecular flexibility index (Phi) is 3.38. The van der Waals surface area contributed by atoms with Crippen LogP contribution >= 0.6 is 11.3 Å². The van der Waals surface area contributed by atoms with Crippen molar-refractivity contribution in [1.29, 1.82) is 0 Å². The van der Waals surface area contributed by atoms with Crippen LogP contribution in [0.2, 0.25) is 0 Å². The van der Waals surface area contributed by atoms with Crippen LogP contribution in [0, 0.1) is 6.92 Å². The van der Waals surface area contributed by atoms with Crippen LogP contribution in [0.1, 0.15) is 32.8 Å². The van der Waals surface area contributed by atoms with Crippen LogP contribution in [0.4, 0.5) is 0 Å². The van der Waals surface area contributed by atoms with Gasteiger partial charge in [0, 0.05) is 12.8 Å². The molecule has 0 saturated heterocycles. The fourth-order valence-corrected chi connectivity index (χ4v) is 3.32. The zero-order chi connectivity index (χ0) is 13.2. The lowest BCUT2D eigenvalue weighted by Crippen LogP contribution is -2.00. The zero-order valence-electron chi connectivity index (χ0n) is 10.9. The van der Waals surface area contributed by atoms with E-state index in [9.17, 15) is 4.79 Å². The molecule has 0 fully saturated rings. The Hall–Kier alpha value is -1.61. The summed E-state index contributed by atoms with van der Waals surface area (Å²) in [6.07, 6.45) is 2.38. The number of carbonyl (C=O) groups is 1. The Balaban J connectivity index is 1.66. The minimum Gasteiger partial charge on any atom is -0.493 e. The molecule has 19 heavy (non-hydrogen) atoms. The molecule has 0 atom stereocenters. The van der Waals surface area contributed by atoms with Gasteiger partial charge in [0.15, 0.2) is 5.78 Å². The van der Waals surface area contributed by atoms with E-state index >= 15 is 0 Å². The lowest BCUT2D eigenvalue weighted by Gasteiger charge is -2.04. The molecule has 0 bridgehead atoms. The van der Waals surface area contributed by atoms with Crippen molar-refractivity contribution in [3.63, 3.8) is 0 Å². The van der Waals surface area contributed by atoms with Crippen molar-refractivity contribution in [2.24, 2.45) is 0 Å². The van der Waals surface area contributed by atoms with Crippen LogP contribution < -0.4 is 4.74 Å². The number of rotatable bonds is 4. The minimum atomic E-state index is 0.254. The number of benzene rings is 1. The Bertz CT molecular complexity index is 613. The maximum atomic E-state index is 12.1. The van der Waals surface area contributed by atoms with Crippen LogP contribution in [0.25, 0.3) is 0 Å². The van der Waals surface area contributed by atoms with E-state index in [1.54, 1.807) is 11.3 Å². The summed E-state index contributed by atoms with van der Waals surface area (Å²) in [5, 5.41) is 1.98. The molecule has 98 valence electrons. The molecule has 0 radical (unpaired) electrons. The molecule has 1 aliphatic rings. The summed E-state index contributed by atoms with van der Waals surface area (Å²) in [4.78, 5) is 13.0. The monoisotopic (exact) mass is 272 g/mol. The summed E-state index contributed by atoms with van der Waals surface area (Å²) >= 11 is 1.54. The van der Waals surface area contributed by atoms with Gasteiger partial charge in [-0.25, -0.2) is 0 Å². The molecule has 0 saturated carbocycles. The number of carbonyl (C=O) groups excluding carboxylic acids is 1. The second kappa shape index (κ2) is 5.17. The average Bonchev–Trinajstić information content (AvgIpc) is 3.03. The molecule has 2 aromatic rings. The number of ketones is 1. The largest absolute Gasteiger partial charge is 0.493 e. The first-order valence-corrected chi connectivity index (χ1v) is 7.44. The predicted molar refractivity (Wildman–Crippen MR) is 77.3 cm³/mol. The third-order valence-electron chi connectivity index (χ3n) is 3.51. The average molecular weight is 272 g/mol. The van der Waals surface area contributed by atoms with E-state index in [1.807, 2.05) is 24.4 Å². The first-order valence-electron chi connectivity index (χ1n) is 6.56. The molecule has 3 heteroatoms. The van der Waals surface area contributed by atoms with E-state index in [-0.39, 0.29) is 5.78 Å². The minimum absolute atomic E-state index is 0.254. The smallest absolute Gasteiger partial charge is 0.173 e. The highest BCUT2D eigenvalue weighted by Crippen LogP contribution is 2.26. The molecule has 0 aliphatic carbocycles. The Morgan fingerprint density at radius 2 is 2.26 bits per heavy atom. The van der Waals surface area contributed by atoms with Crippen LogP contribution in [-0.4, -0.2) is 12.4 Å². The fraction of sp³-hybridized carbons (Fsp3) is 0.312. The number of thiophene rings is 1. The van der Waals surface area contributed by atoms with E-state index in [0.717, 1.165) is 35.6 Å². The van der Waals surface area contributed by atoms with Crippen molar-refractivity contribution in [3.05, 3.63) is 51.2 Å². The van der Waals surface area contributed by atoms with Crippen LogP contribution in [0.5, 0.6) is 5.75 Å². The maximum absolute atomic E-state index is 12.1. The SMILES string of the molecule is Cc1ccsc1C(=O)CCc1ccc2c(c1)CCO2. The van der Waals surface area contributed by atoms with Crippen molar-refractivity contribution in [2.45, 2.75) is 26.2 Å². The first kappa shape index (κ1) is 12.4. The van der Waals surface area contributed by atoms with Crippen molar-refractivity contribution in [1.82, 2.24) is 0 Å². The number of fused-ring (bicyclic) bond motifs is 1. The normalized spacial score (nSPS) is 13.1. The molecule has 1 aromatic carbocycles.